The summed E-state index contributed by atoms with van der Waals surface area (Å²) in [6.45, 7) is 0. The van der Waals surface area contributed by atoms with E-state index < -0.39 is 9.84 Å². The lowest BCUT2D eigenvalue weighted by Crippen LogP contribution is -2.10. The van der Waals surface area contributed by atoms with E-state index in [2.05, 4.69) is 87.5 Å². The summed E-state index contributed by atoms with van der Waals surface area (Å²) in [5, 5.41) is 7.06. The largest absolute Gasteiger partial charge is 0.310 e. The van der Waals surface area contributed by atoms with Crippen LogP contribution in [0.2, 0.25) is 0 Å². The third kappa shape index (κ3) is 3.45. The molecular formula is C40H24N2O2S2. The molecule has 0 atom stereocenters. The second-order valence-corrected chi connectivity index (χ2v) is 14.6. The van der Waals surface area contributed by atoms with Crippen LogP contribution < -0.4 is 4.90 Å². The predicted octanol–water partition coefficient (Wildman–Crippen LogP) is 10.8. The van der Waals surface area contributed by atoms with Crippen LogP contribution in [-0.4, -0.2) is 12.8 Å². The Hall–Kier alpha value is -5.43. The molecule has 6 aromatic carbocycles. The summed E-state index contributed by atoms with van der Waals surface area (Å²) in [6.07, 6.45) is 0. The van der Waals surface area contributed by atoms with Gasteiger partial charge in [-0.3, -0.25) is 4.40 Å². The SMILES string of the molecule is O=S1(=O)c2ccc(-c3cc4c5ccccc5n5c6sccc6c(c3)c45)cc2-c2cc(N(c3ccccc3)c3ccccc3)ccc21. The molecule has 10 rings (SSSR count). The van der Waals surface area contributed by atoms with Crippen molar-refractivity contribution in [1.29, 1.82) is 0 Å². The van der Waals surface area contributed by atoms with Crippen molar-refractivity contribution in [2.45, 2.75) is 9.79 Å². The molecule has 0 bridgehead atoms. The molecule has 9 aromatic rings. The summed E-state index contributed by atoms with van der Waals surface area (Å²) < 4.78 is 30.1. The molecular weight excluding hydrogens is 605 g/mol. The van der Waals surface area contributed by atoms with Crippen LogP contribution in [0.4, 0.5) is 17.1 Å². The third-order valence-corrected chi connectivity index (χ3v) is 12.1. The second kappa shape index (κ2) is 9.30. The molecule has 0 saturated carbocycles. The molecule has 6 heteroatoms. The first-order valence-electron chi connectivity index (χ1n) is 15.2. The first-order chi connectivity index (χ1) is 22.6. The quantitative estimate of drug-likeness (QED) is 0.195. The Bertz CT molecular complexity index is 2720. The van der Waals surface area contributed by atoms with E-state index in [1.165, 1.54) is 37.4 Å². The van der Waals surface area contributed by atoms with Crippen molar-refractivity contribution >= 4 is 75.6 Å². The zero-order chi connectivity index (χ0) is 30.6. The van der Waals surface area contributed by atoms with Crippen LogP contribution >= 0.6 is 11.3 Å². The van der Waals surface area contributed by atoms with Gasteiger partial charge in [-0.15, -0.1) is 11.3 Å². The number of rotatable bonds is 4. The standard InChI is InChI=1S/C40H24N2O2S2/c43-46(44)37-17-15-25(26-22-34-30-13-7-8-14-36(30)42-39(34)35(23-26)31-19-20-45-40(31)42)21-32(37)33-24-29(16-18-38(33)46)41(27-9-3-1-4-10-27)28-11-5-2-6-12-28/h1-24H. The van der Waals surface area contributed by atoms with E-state index in [0.29, 0.717) is 9.79 Å². The average Bonchev–Trinajstić information content (AvgIpc) is 3.83. The molecule has 4 nitrogen and oxygen atoms in total. The molecule has 0 amide bonds. The maximum absolute atomic E-state index is 13.8. The van der Waals surface area contributed by atoms with Crippen molar-refractivity contribution in [3.05, 3.63) is 145 Å². The molecule has 4 heterocycles. The highest BCUT2D eigenvalue weighted by molar-refractivity contribution is 7.92. The highest BCUT2D eigenvalue weighted by Crippen LogP contribution is 2.49. The van der Waals surface area contributed by atoms with Crippen molar-refractivity contribution < 1.29 is 8.42 Å². The Balaban J connectivity index is 1.19. The molecule has 3 aromatic heterocycles. The van der Waals surface area contributed by atoms with Crippen molar-refractivity contribution in [2.24, 2.45) is 0 Å². The molecule has 1 aliphatic rings. The van der Waals surface area contributed by atoms with E-state index in [1.807, 2.05) is 54.6 Å². The molecule has 46 heavy (non-hydrogen) atoms. The lowest BCUT2D eigenvalue weighted by molar-refractivity contribution is 0.598. The highest BCUT2D eigenvalue weighted by atomic mass is 32.2. The minimum atomic E-state index is -3.65. The maximum atomic E-state index is 13.8. The Morgan fingerprint density at radius 2 is 1.15 bits per heavy atom. The maximum Gasteiger partial charge on any atom is 0.207 e. The number of anilines is 3. The van der Waals surface area contributed by atoms with Gasteiger partial charge < -0.3 is 4.90 Å². The van der Waals surface area contributed by atoms with E-state index in [9.17, 15) is 8.42 Å². The van der Waals surface area contributed by atoms with Crippen LogP contribution in [-0.2, 0) is 9.84 Å². The van der Waals surface area contributed by atoms with Gasteiger partial charge in [0.25, 0.3) is 0 Å². The molecule has 0 radical (unpaired) electrons. The van der Waals surface area contributed by atoms with Gasteiger partial charge >= 0.3 is 0 Å². The number of para-hydroxylation sites is 3. The zero-order valence-electron chi connectivity index (χ0n) is 24.4. The topological polar surface area (TPSA) is 41.8 Å². The zero-order valence-corrected chi connectivity index (χ0v) is 26.0. The number of aromatic nitrogens is 1. The molecule has 0 spiro atoms. The minimum absolute atomic E-state index is 0.351. The first-order valence-corrected chi connectivity index (χ1v) is 17.5. The van der Waals surface area contributed by atoms with E-state index in [-0.39, 0.29) is 0 Å². The van der Waals surface area contributed by atoms with E-state index in [0.717, 1.165) is 39.3 Å². The van der Waals surface area contributed by atoms with E-state index in [4.69, 9.17) is 0 Å². The van der Waals surface area contributed by atoms with Crippen LogP contribution in [0, 0.1) is 0 Å². The van der Waals surface area contributed by atoms with Crippen LogP contribution in [0.5, 0.6) is 0 Å². The number of sulfone groups is 1. The summed E-state index contributed by atoms with van der Waals surface area (Å²) >= 11 is 1.76. The number of hydrogen-bond donors (Lipinski definition) is 0. The fourth-order valence-corrected chi connectivity index (χ4v) is 9.92. The first kappa shape index (κ1) is 25.9. The summed E-state index contributed by atoms with van der Waals surface area (Å²) in [6, 6.07) is 47.2. The van der Waals surface area contributed by atoms with Crippen LogP contribution in [0.1, 0.15) is 0 Å². The van der Waals surface area contributed by atoms with Gasteiger partial charge in [0.1, 0.15) is 4.83 Å². The Labute approximate surface area is 269 Å². The molecule has 1 aliphatic heterocycles. The summed E-state index contributed by atoms with van der Waals surface area (Å²) in [5.74, 6) is 0. The number of hydrogen-bond acceptors (Lipinski definition) is 4. The Kier molecular flexibility index (Phi) is 5.23. The summed E-state index contributed by atoms with van der Waals surface area (Å²) in [5.41, 5.74) is 8.89. The normalized spacial score (nSPS) is 13.6. The average molecular weight is 629 g/mol. The monoisotopic (exact) mass is 628 g/mol. The fraction of sp³-hybridized carbons (Fsp3) is 0. The number of benzene rings is 6. The lowest BCUT2D eigenvalue weighted by Gasteiger charge is -2.26. The Morgan fingerprint density at radius 3 is 1.89 bits per heavy atom. The van der Waals surface area contributed by atoms with Gasteiger partial charge in [0.15, 0.2) is 0 Å². The summed E-state index contributed by atoms with van der Waals surface area (Å²) in [4.78, 5) is 4.13. The molecule has 0 saturated heterocycles. The molecule has 0 aliphatic carbocycles. The molecule has 0 fully saturated rings. The lowest BCUT2D eigenvalue weighted by atomic mass is 9.96. The third-order valence-electron chi connectivity index (χ3n) is 9.34. The summed E-state index contributed by atoms with van der Waals surface area (Å²) in [7, 11) is -3.65. The van der Waals surface area contributed by atoms with Crippen molar-refractivity contribution in [2.75, 3.05) is 4.90 Å². The van der Waals surface area contributed by atoms with E-state index >= 15 is 0 Å². The predicted molar refractivity (Wildman–Crippen MR) is 190 cm³/mol. The minimum Gasteiger partial charge on any atom is -0.310 e. The van der Waals surface area contributed by atoms with Gasteiger partial charge in [-0.2, -0.15) is 0 Å². The second-order valence-electron chi connectivity index (χ2n) is 11.8. The Morgan fingerprint density at radius 1 is 0.522 bits per heavy atom. The number of fused-ring (bicyclic) bond motifs is 9. The highest BCUT2D eigenvalue weighted by Gasteiger charge is 2.34. The number of nitrogens with zero attached hydrogens (tertiary/aromatic N) is 2. The van der Waals surface area contributed by atoms with Gasteiger partial charge in [-0.05, 0) is 95.4 Å². The van der Waals surface area contributed by atoms with Gasteiger partial charge in [-0.25, -0.2) is 8.42 Å². The van der Waals surface area contributed by atoms with Gasteiger partial charge in [0, 0.05) is 49.7 Å². The van der Waals surface area contributed by atoms with Gasteiger partial charge in [-0.1, -0.05) is 60.7 Å². The van der Waals surface area contributed by atoms with Crippen molar-refractivity contribution in [1.82, 2.24) is 4.40 Å². The van der Waals surface area contributed by atoms with Crippen LogP contribution in [0.15, 0.2) is 155 Å². The van der Waals surface area contributed by atoms with Crippen molar-refractivity contribution in [3.8, 4) is 22.3 Å². The number of thiophene rings is 1. The smallest absolute Gasteiger partial charge is 0.207 e. The molecule has 0 N–H and O–H groups in total. The molecule has 0 unspecified atom stereocenters. The van der Waals surface area contributed by atoms with Gasteiger partial charge in [0.05, 0.1) is 20.8 Å². The van der Waals surface area contributed by atoms with Crippen LogP contribution in [0.25, 0.3) is 59.7 Å². The molecule has 218 valence electrons. The van der Waals surface area contributed by atoms with Gasteiger partial charge in [0.2, 0.25) is 9.84 Å². The van der Waals surface area contributed by atoms with E-state index in [1.54, 1.807) is 23.5 Å². The van der Waals surface area contributed by atoms with Crippen molar-refractivity contribution in [3.63, 3.8) is 0 Å². The van der Waals surface area contributed by atoms with Crippen LogP contribution in [0.3, 0.4) is 0 Å². The fourth-order valence-electron chi connectivity index (χ4n) is 7.34.